The fraction of sp³-hybridized carbons (Fsp3) is 0.250. The van der Waals surface area contributed by atoms with Crippen molar-refractivity contribution in [3.8, 4) is 0 Å². The van der Waals surface area contributed by atoms with Crippen LogP contribution in [0.5, 0.6) is 0 Å². The molecule has 0 fully saturated rings. The zero-order chi connectivity index (χ0) is 21.1. The number of amides is 2. The number of hydrogen-bond donors (Lipinski definition) is 2. The van der Waals surface area contributed by atoms with Gasteiger partial charge in [0.1, 0.15) is 5.82 Å². The third kappa shape index (κ3) is 4.28. The lowest BCUT2D eigenvalue weighted by atomic mass is 9.89. The van der Waals surface area contributed by atoms with Crippen molar-refractivity contribution in [2.75, 3.05) is 5.32 Å². The summed E-state index contributed by atoms with van der Waals surface area (Å²) in [6, 6.07) is 16.1. The Bertz CT molecular complexity index is 1050. The van der Waals surface area contributed by atoms with Crippen molar-refractivity contribution in [3.63, 3.8) is 0 Å². The smallest absolute Gasteiger partial charge is 0.228 e. The van der Waals surface area contributed by atoms with Crippen LogP contribution in [0.4, 0.5) is 10.1 Å². The predicted molar refractivity (Wildman–Crippen MR) is 117 cm³/mol. The molecule has 0 spiro atoms. The fourth-order valence-corrected chi connectivity index (χ4v) is 4.66. The Labute approximate surface area is 179 Å². The van der Waals surface area contributed by atoms with Gasteiger partial charge < -0.3 is 10.6 Å². The highest BCUT2D eigenvalue weighted by Gasteiger charge is 2.32. The van der Waals surface area contributed by atoms with Crippen LogP contribution in [0.15, 0.2) is 60.0 Å². The molecule has 1 aliphatic rings. The second kappa shape index (κ2) is 8.79. The van der Waals surface area contributed by atoms with E-state index in [2.05, 4.69) is 29.7 Å². The summed E-state index contributed by atoms with van der Waals surface area (Å²) in [5.41, 5.74) is 3.25. The van der Waals surface area contributed by atoms with Gasteiger partial charge in [0.25, 0.3) is 0 Å². The third-order valence-electron chi connectivity index (χ3n) is 5.34. The highest BCUT2D eigenvalue weighted by molar-refractivity contribution is 7.10. The summed E-state index contributed by atoms with van der Waals surface area (Å²) in [7, 11) is 0. The number of halogens is 1. The summed E-state index contributed by atoms with van der Waals surface area (Å²) < 4.78 is 13.6. The van der Waals surface area contributed by atoms with Gasteiger partial charge in [-0.15, -0.1) is 11.3 Å². The number of fused-ring (bicyclic) bond motifs is 1. The van der Waals surface area contributed by atoms with Gasteiger partial charge in [-0.05, 0) is 46.7 Å². The van der Waals surface area contributed by atoms with Crippen molar-refractivity contribution in [3.05, 3.63) is 87.4 Å². The van der Waals surface area contributed by atoms with Gasteiger partial charge in [-0.1, -0.05) is 49.7 Å². The van der Waals surface area contributed by atoms with Crippen molar-refractivity contribution in [1.82, 2.24) is 5.32 Å². The summed E-state index contributed by atoms with van der Waals surface area (Å²) in [6.45, 7) is 2.15. The maximum atomic E-state index is 13.6. The van der Waals surface area contributed by atoms with Crippen LogP contribution in [-0.2, 0) is 16.0 Å². The lowest BCUT2D eigenvalue weighted by Gasteiger charge is -2.27. The zero-order valence-corrected chi connectivity index (χ0v) is 17.5. The lowest BCUT2D eigenvalue weighted by Crippen LogP contribution is -2.37. The van der Waals surface area contributed by atoms with Gasteiger partial charge in [0.2, 0.25) is 11.8 Å². The van der Waals surface area contributed by atoms with Gasteiger partial charge in [-0.3, -0.25) is 9.59 Å². The van der Waals surface area contributed by atoms with E-state index in [1.807, 2.05) is 29.6 Å². The minimum absolute atomic E-state index is 0.0388. The Hall–Kier alpha value is -2.99. The first-order valence-electron chi connectivity index (χ1n) is 10.1. The summed E-state index contributed by atoms with van der Waals surface area (Å²) in [6.07, 6.45) is 2.13. The number of aryl methyl sites for hydroxylation is 1. The van der Waals surface area contributed by atoms with Crippen molar-refractivity contribution >= 4 is 28.8 Å². The maximum absolute atomic E-state index is 13.6. The minimum atomic E-state index is -0.656. The van der Waals surface area contributed by atoms with E-state index in [9.17, 15) is 14.0 Å². The quantitative estimate of drug-likeness (QED) is 0.576. The van der Waals surface area contributed by atoms with E-state index in [0.29, 0.717) is 11.3 Å². The first-order chi connectivity index (χ1) is 14.5. The van der Waals surface area contributed by atoms with E-state index >= 15 is 0 Å². The molecule has 1 aromatic heterocycles. The second-order valence-corrected chi connectivity index (χ2v) is 8.46. The Morgan fingerprint density at radius 1 is 1.23 bits per heavy atom. The molecular formula is C24H23FN2O2S. The van der Waals surface area contributed by atoms with Crippen molar-refractivity contribution in [1.29, 1.82) is 0 Å². The molecule has 0 unspecified atom stereocenters. The number of carbonyl (C=O) groups is 2. The fourth-order valence-electron chi connectivity index (χ4n) is 3.85. The Morgan fingerprint density at radius 2 is 2.03 bits per heavy atom. The van der Waals surface area contributed by atoms with Gasteiger partial charge in [0.05, 0.1) is 12.0 Å². The number of thiophene rings is 1. The molecule has 2 heterocycles. The zero-order valence-electron chi connectivity index (χ0n) is 16.7. The molecule has 1 aliphatic heterocycles. The maximum Gasteiger partial charge on any atom is 0.228 e. The van der Waals surface area contributed by atoms with Gasteiger partial charge in [-0.25, -0.2) is 4.39 Å². The summed E-state index contributed by atoms with van der Waals surface area (Å²) in [5, 5.41) is 7.77. The first kappa shape index (κ1) is 20.3. The molecule has 4 rings (SSSR count). The number of nitrogens with one attached hydrogen (secondary N) is 2. The van der Waals surface area contributed by atoms with E-state index < -0.39 is 11.7 Å². The van der Waals surface area contributed by atoms with E-state index in [1.165, 1.54) is 17.7 Å². The standard InChI is InChI=1S/C24H23FN2O2S/c1-2-4-15-6-8-16(9-7-15)23(21-5-3-12-30-21)27-24(29)19-14-22(28)26-20-13-17(25)10-11-18(19)20/h3,5-13,19,23H,2,4,14H2,1H3,(H,26,28)(H,27,29)/t19-,23-/m1/s1. The van der Waals surface area contributed by atoms with Gasteiger partial charge in [0.15, 0.2) is 0 Å². The van der Waals surface area contributed by atoms with Crippen LogP contribution in [0, 0.1) is 5.82 Å². The normalized spacial score (nSPS) is 16.5. The van der Waals surface area contributed by atoms with Crippen LogP contribution in [0.1, 0.15) is 53.3 Å². The van der Waals surface area contributed by atoms with Crippen LogP contribution >= 0.6 is 11.3 Å². The van der Waals surface area contributed by atoms with E-state index in [1.54, 1.807) is 17.4 Å². The van der Waals surface area contributed by atoms with Crippen LogP contribution in [0.2, 0.25) is 0 Å². The van der Waals surface area contributed by atoms with E-state index in [4.69, 9.17) is 0 Å². The molecule has 2 atom stereocenters. The third-order valence-corrected chi connectivity index (χ3v) is 6.27. The minimum Gasteiger partial charge on any atom is -0.344 e. The molecule has 0 saturated carbocycles. The van der Waals surface area contributed by atoms with Crippen LogP contribution in [0.3, 0.4) is 0 Å². The molecule has 2 amide bonds. The number of carbonyl (C=O) groups excluding carboxylic acids is 2. The van der Waals surface area contributed by atoms with E-state index in [-0.39, 0.29) is 24.3 Å². The van der Waals surface area contributed by atoms with Crippen LogP contribution in [-0.4, -0.2) is 11.8 Å². The summed E-state index contributed by atoms with van der Waals surface area (Å²) >= 11 is 1.57. The number of rotatable bonds is 6. The molecule has 0 radical (unpaired) electrons. The average Bonchev–Trinajstić information content (AvgIpc) is 3.26. The molecule has 154 valence electrons. The Balaban J connectivity index is 1.62. The highest BCUT2D eigenvalue weighted by atomic mass is 32.1. The van der Waals surface area contributed by atoms with Gasteiger partial charge in [0, 0.05) is 17.0 Å². The molecular weight excluding hydrogens is 399 g/mol. The molecule has 2 aromatic carbocycles. The van der Waals surface area contributed by atoms with Crippen LogP contribution in [0.25, 0.3) is 0 Å². The molecule has 3 aromatic rings. The number of anilines is 1. The lowest BCUT2D eigenvalue weighted by molar-refractivity contribution is -0.126. The summed E-state index contributed by atoms with van der Waals surface area (Å²) in [4.78, 5) is 26.4. The van der Waals surface area contributed by atoms with Crippen LogP contribution < -0.4 is 10.6 Å². The van der Waals surface area contributed by atoms with Crippen molar-refractivity contribution < 1.29 is 14.0 Å². The highest BCUT2D eigenvalue weighted by Crippen LogP contribution is 2.34. The van der Waals surface area contributed by atoms with Crippen molar-refractivity contribution in [2.45, 2.75) is 38.1 Å². The topological polar surface area (TPSA) is 58.2 Å². The molecule has 4 nitrogen and oxygen atoms in total. The number of benzene rings is 2. The molecule has 0 bridgehead atoms. The van der Waals surface area contributed by atoms with Gasteiger partial charge in [-0.2, -0.15) is 0 Å². The monoisotopic (exact) mass is 422 g/mol. The SMILES string of the molecule is CCCc1ccc([C@@H](NC(=O)[C@@H]2CC(=O)Nc3cc(F)ccc32)c2cccs2)cc1. The summed E-state index contributed by atoms with van der Waals surface area (Å²) in [5.74, 6) is -1.63. The predicted octanol–water partition coefficient (Wildman–Crippen LogP) is 5.17. The second-order valence-electron chi connectivity index (χ2n) is 7.49. The largest absolute Gasteiger partial charge is 0.344 e. The Kier molecular flexibility index (Phi) is 5.95. The number of hydrogen-bond acceptors (Lipinski definition) is 3. The Morgan fingerprint density at radius 3 is 2.73 bits per heavy atom. The van der Waals surface area contributed by atoms with Gasteiger partial charge >= 0.3 is 0 Å². The average molecular weight is 423 g/mol. The molecule has 6 heteroatoms. The molecule has 0 aliphatic carbocycles. The molecule has 0 saturated heterocycles. The van der Waals surface area contributed by atoms with E-state index in [0.717, 1.165) is 23.3 Å². The molecule has 2 N–H and O–H groups in total. The first-order valence-corrected chi connectivity index (χ1v) is 10.9. The molecule has 30 heavy (non-hydrogen) atoms. The van der Waals surface area contributed by atoms with Crippen molar-refractivity contribution in [2.24, 2.45) is 0 Å².